The summed E-state index contributed by atoms with van der Waals surface area (Å²) >= 11 is 0. The molecule has 0 aliphatic carbocycles. The Hall–Kier alpha value is -1.00. The Morgan fingerprint density at radius 2 is 1.30 bits per heavy atom. The monoisotopic (exact) mass is 365 g/mol. The van der Waals surface area contributed by atoms with Gasteiger partial charge in [0.1, 0.15) is 0 Å². The van der Waals surface area contributed by atoms with E-state index in [1.165, 1.54) is 0 Å². The molecular formula is C14H23NO6S2. The highest BCUT2D eigenvalue weighted by Gasteiger charge is 2.10. The number of rotatable bonds is 10. The molecule has 0 aliphatic heterocycles. The van der Waals surface area contributed by atoms with Gasteiger partial charge in [-0.1, -0.05) is 29.8 Å². The molecule has 0 unspecified atom stereocenters. The van der Waals surface area contributed by atoms with Crippen LogP contribution in [0.5, 0.6) is 0 Å². The highest BCUT2D eigenvalue weighted by molar-refractivity contribution is 7.86. The van der Waals surface area contributed by atoms with Crippen LogP contribution in [0.4, 0.5) is 0 Å². The lowest BCUT2D eigenvalue weighted by molar-refractivity contribution is 0.176. The third-order valence-electron chi connectivity index (χ3n) is 2.94. The second-order valence-electron chi connectivity index (χ2n) is 5.31. The van der Waals surface area contributed by atoms with Crippen molar-refractivity contribution in [2.75, 3.05) is 38.8 Å². The molecule has 0 atom stereocenters. The fourth-order valence-corrected chi connectivity index (χ4v) is 2.61. The highest BCUT2D eigenvalue weighted by atomic mass is 32.2. The van der Waals surface area contributed by atoms with Gasteiger partial charge in [0.25, 0.3) is 20.2 Å². The highest BCUT2D eigenvalue weighted by Crippen LogP contribution is 2.07. The Kier molecular flexibility index (Phi) is 7.62. The molecule has 1 aromatic rings. The van der Waals surface area contributed by atoms with Crippen LogP contribution in [-0.2, 0) is 35.1 Å². The molecule has 0 saturated carbocycles. The lowest BCUT2D eigenvalue weighted by Gasteiger charge is -2.21. The first-order chi connectivity index (χ1) is 10.6. The molecule has 1 aromatic carbocycles. The molecule has 0 saturated heterocycles. The van der Waals surface area contributed by atoms with E-state index in [2.05, 4.69) is 0 Å². The summed E-state index contributed by atoms with van der Waals surface area (Å²) < 4.78 is 53.5. The van der Waals surface area contributed by atoms with Gasteiger partial charge in [-0.3, -0.25) is 13.3 Å². The second-order valence-corrected chi connectivity index (χ2v) is 8.60. The van der Waals surface area contributed by atoms with Crippen molar-refractivity contribution in [3.05, 3.63) is 35.4 Å². The zero-order valence-corrected chi connectivity index (χ0v) is 15.2. The molecule has 0 spiro atoms. The van der Waals surface area contributed by atoms with Gasteiger partial charge < -0.3 is 0 Å². The molecular weight excluding hydrogens is 342 g/mol. The minimum Gasteiger partial charge on any atom is -0.294 e. The zero-order valence-electron chi connectivity index (χ0n) is 13.6. The Bertz CT molecular complexity index is 644. The summed E-state index contributed by atoms with van der Waals surface area (Å²) in [5.74, 6) is 0. The molecule has 7 nitrogen and oxygen atoms in total. The van der Waals surface area contributed by atoms with Gasteiger partial charge in [-0.05, 0) is 12.5 Å². The smallest absolute Gasteiger partial charge is 0.264 e. The van der Waals surface area contributed by atoms with Crippen molar-refractivity contribution in [3.8, 4) is 0 Å². The second kappa shape index (κ2) is 8.74. The summed E-state index contributed by atoms with van der Waals surface area (Å²) in [6, 6.07) is 7.90. The van der Waals surface area contributed by atoms with Crippen LogP contribution in [0.2, 0.25) is 0 Å². The predicted molar refractivity (Wildman–Crippen MR) is 88.0 cm³/mol. The number of nitrogens with zero attached hydrogens (tertiary/aromatic N) is 1. The lowest BCUT2D eigenvalue weighted by atomic mass is 10.1. The first-order valence-corrected chi connectivity index (χ1v) is 10.7. The van der Waals surface area contributed by atoms with Gasteiger partial charge in [-0.2, -0.15) is 16.8 Å². The first-order valence-electron chi connectivity index (χ1n) is 7.02. The Balaban J connectivity index is 2.61. The van der Waals surface area contributed by atoms with E-state index in [0.29, 0.717) is 19.6 Å². The molecule has 132 valence electrons. The molecule has 9 heteroatoms. The fraction of sp³-hybridized carbons (Fsp3) is 0.571. The van der Waals surface area contributed by atoms with Crippen molar-refractivity contribution in [3.63, 3.8) is 0 Å². The van der Waals surface area contributed by atoms with Crippen LogP contribution in [0.1, 0.15) is 11.1 Å². The van der Waals surface area contributed by atoms with E-state index in [1.54, 1.807) is 0 Å². The molecule has 1 rings (SSSR count). The van der Waals surface area contributed by atoms with E-state index in [1.807, 2.05) is 36.1 Å². The molecule has 0 aromatic heterocycles. The van der Waals surface area contributed by atoms with Gasteiger partial charge in [0.15, 0.2) is 0 Å². The van der Waals surface area contributed by atoms with Crippen molar-refractivity contribution in [1.29, 1.82) is 0 Å². The van der Waals surface area contributed by atoms with Crippen molar-refractivity contribution < 1.29 is 25.2 Å². The van der Waals surface area contributed by atoms with Gasteiger partial charge in [-0.15, -0.1) is 0 Å². The minimum atomic E-state index is -3.50. The SMILES string of the molecule is Cc1ccc(CN(CCOS(C)(=O)=O)CCOS(C)(=O)=O)cc1. The fourth-order valence-electron chi connectivity index (χ4n) is 1.86. The van der Waals surface area contributed by atoms with Crippen LogP contribution in [0.15, 0.2) is 24.3 Å². The van der Waals surface area contributed by atoms with Crippen LogP contribution in [0.25, 0.3) is 0 Å². The molecule has 0 aliphatic rings. The van der Waals surface area contributed by atoms with Crippen LogP contribution < -0.4 is 0 Å². The molecule has 0 heterocycles. The van der Waals surface area contributed by atoms with E-state index < -0.39 is 20.2 Å². The topological polar surface area (TPSA) is 90.0 Å². The van der Waals surface area contributed by atoms with Crippen molar-refractivity contribution in [2.45, 2.75) is 13.5 Å². The summed E-state index contributed by atoms with van der Waals surface area (Å²) in [5.41, 5.74) is 2.18. The maximum Gasteiger partial charge on any atom is 0.264 e. The van der Waals surface area contributed by atoms with Crippen molar-refractivity contribution in [1.82, 2.24) is 4.90 Å². The van der Waals surface area contributed by atoms with Gasteiger partial charge in [-0.25, -0.2) is 0 Å². The summed E-state index contributed by atoms with van der Waals surface area (Å²) in [4.78, 5) is 1.88. The van der Waals surface area contributed by atoms with Crippen molar-refractivity contribution in [2.24, 2.45) is 0 Å². The summed E-state index contributed by atoms with van der Waals surface area (Å²) in [5, 5.41) is 0. The molecule has 23 heavy (non-hydrogen) atoms. The van der Waals surface area contributed by atoms with E-state index in [-0.39, 0.29) is 13.2 Å². The maximum absolute atomic E-state index is 11.0. The number of hydrogen-bond acceptors (Lipinski definition) is 7. The van der Waals surface area contributed by atoms with E-state index in [4.69, 9.17) is 8.37 Å². The molecule has 0 N–H and O–H groups in total. The molecule has 0 amide bonds. The first kappa shape index (κ1) is 20.0. The molecule has 0 bridgehead atoms. The van der Waals surface area contributed by atoms with Gasteiger partial charge in [0, 0.05) is 19.6 Å². The van der Waals surface area contributed by atoms with Crippen LogP contribution >= 0.6 is 0 Å². The predicted octanol–water partition coefficient (Wildman–Crippen LogP) is 0.749. The van der Waals surface area contributed by atoms with Gasteiger partial charge >= 0.3 is 0 Å². The quantitative estimate of drug-likeness (QED) is 0.565. The number of aryl methyl sites for hydroxylation is 1. The largest absolute Gasteiger partial charge is 0.294 e. The Morgan fingerprint density at radius 1 is 0.870 bits per heavy atom. The standard InChI is InChI=1S/C14H23NO6S2/c1-13-4-6-14(7-5-13)12-15(8-10-20-22(2,16)17)9-11-21-23(3,18)19/h4-7H,8-12H2,1-3H3. The minimum absolute atomic E-state index is 0.00354. The van der Waals surface area contributed by atoms with Crippen LogP contribution in [0, 0.1) is 6.92 Å². The van der Waals surface area contributed by atoms with Gasteiger partial charge in [0.05, 0.1) is 25.7 Å². The van der Waals surface area contributed by atoms with E-state index >= 15 is 0 Å². The lowest BCUT2D eigenvalue weighted by Crippen LogP contribution is -2.31. The molecule has 0 fully saturated rings. The van der Waals surface area contributed by atoms with Crippen LogP contribution in [0.3, 0.4) is 0 Å². The third-order valence-corrected chi connectivity index (χ3v) is 4.13. The van der Waals surface area contributed by atoms with E-state index in [0.717, 1.165) is 23.6 Å². The molecule has 0 radical (unpaired) electrons. The zero-order chi connectivity index (χ0) is 17.5. The summed E-state index contributed by atoms with van der Waals surface area (Å²) in [6.45, 7) is 3.22. The normalized spacial score (nSPS) is 12.7. The van der Waals surface area contributed by atoms with Crippen LogP contribution in [-0.4, -0.2) is 60.6 Å². The average molecular weight is 365 g/mol. The number of benzene rings is 1. The summed E-state index contributed by atoms with van der Waals surface area (Å²) in [7, 11) is -6.99. The average Bonchev–Trinajstić information content (AvgIpc) is 2.38. The number of hydrogen-bond donors (Lipinski definition) is 0. The summed E-state index contributed by atoms with van der Waals surface area (Å²) in [6.07, 6.45) is 1.98. The maximum atomic E-state index is 11.0. The third kappa shape index (κ3) is 10.4. The van der Waals surface area contributed by atoms with Crippen molar-refractivity contribution >= 4 is 20.2 Å². The Morgan fingerprint density at radius 3 is 1.70 bits per heavy atom. The van der Waals surface area contributed by atoms with E-state index in [9.17, 15) is 16.8 Å². The van der Waals surface area contributed by atoms with Gasteiger partial charge in [0.2, 0.25) is 0 Å². The Labute approximate surface area is 138 Å².